The van der Waals surface area contributed by atoms with Crippen molar-refractivity contribution in [3.63, 3.8) is 0 Å². The number of piperidine rings is 1. The fraction of sp³-hybridized carbons (Fsp3) is 0.692. The first-order valence-electron chi connectivity index (χ1n) is 6.36. The van der Waals surface area contributed by atoms with E-state index in [1.165, 1.54) is 7.11 Å². The number of ether oxygens (including phenoxy) is 1. The van der Waals surface area contributed by atoms with Crippen molar-refractivity contribution >= 4 is 5.97 Å². The van der Waals surface area contributed by atoms with E-state index in [0.29, 0.717) is 12.4 Å². The van der Waals surface area contributed by atoms with E-state index in [2.05, 4.69) is 9.88 Å². The van der Waals surface area contributed by atoms with Crippen molar-refractivity contribution in [3.8, 4) is 0 Å². The summed E-state index contributed by atoms with van der Waals surface area (Å²) < 4.78 is 10.4. The molecule has 5 nitrogen and oxygen atoms in total. The number of oxazole rings is 1. The summed E-state index contributed by atoms with van der Waals surface area (Å²) in [6.45, 7) is 5.30. The molecule has 0 radical (unpaired) electrons. The predicted octanol–water partition coefficient (Wildman–Crippen LogP) is 1.82. The van der Waals surface area contributed by atoms with Crippen LogP contribution >= 0.6 is 0 Å². The molecule has 1 aromatic heterocycles. The number of carbonyl (C=O) groups excluding carboxylic acids is 1. The van der Waals surface area contributed by atoms with Gasteiger partial charge in [-0.25, -0.2) is 4.98 Å². The van der Waals surface area contributed by atoms with Gasteiger partial charge in [-0.1, -0.05) is 6.42 Å². The molecule has 1 unspecified atom stereocenters. The molecule has 1 atom stereocenters. The van der Waals surface area contributed by atoms with Gasteiger partial charge in [-0.2, -0.15) is 0 Å². The van der Waals surface area contributed by atoms with Crippen LogP contribution in [0.3, 0.4) is 0 Å². The number of methoxy groups -OCH3 is 1. The molecule has 1 saturated heterocycles. The summed E-state index contributed by atoms with van der Waals surface area (Å²) in [5.41, 5.74) is 0.914. The third-order valence-electron chi connectivity index (χ3n) is 3.50. The molecule has 0 aliphatic carbocycles. The summed E-state index contributed by atoms with van der Waals surface area (Å²) in [6.07, 6.45) is 3.03. The molecule has 0 amide bonds. The Kier molecular flexibility index (Phi) is 4.01. The smallest absolute Gasteiger partial charge is 0.323 e. The Labute approximate surface area is 107 Å². The highest BCUT2D eigenvalue weighted by Crippen LogP contribution is 2.21. The lowest BCUT2D eigenvalue weighted by Gasteiger charge is -2.32. The molecule has 100 valence electrons. The third kappa shape index (κ3) is 2.72. The first kappa shape index (κ1) is 13.1. The minimum absolute atomic E-state index is 0.156. The van der Waals surface area contributed by atoms with Gasteiger partial charge in [0, 0.05) is 0 Å². The number of hydrogen-bond donors (Lipinski definition) is 0. The molecule has 1 aromatic rings. The zero-order valence-corrected chi connectivity index (χ0v) is 11.2. The van der Waals surface area contributed by atoms with E-state index in [-0.39, 0.29) is 12.0 Å². The molecule has 5 heteroatoms. The first-order valence-corrected chi connectivity index (χ1v) is 6.36. The van der Waals surface area contributed by atoms with Crippen LogP contribution in [0.5, 0.6) is 0 Å². The van der Waals surface area contributed by atoms with Crippen LogP contribution in [0.4, 0.5) is 0 Å². The summed E-state index contributed by atoms with van der Waals surface area (Å²) in [6, 6.07) is -0.156. The van der Waals surface area contributed by atoms with Gasteiger partial charge in [-0.15, -0.1) is 0 Å². The number of hydrogen-bond acceptors (Lipinski definition) is 5. The number of rotatable bonds is 3. The zero-order valence-electron chi connectivity index (χ0n) is 11.2. The summed E-state index contributed by atoms with van der Waals surface area (Å²) >= 11 is 0. The molecule has 0 spiro atoms. The highest BCUT2D eigenvalue weighted by atomic mass is 16.5. The van der Waals surface area contributed by atoms with E-state index < -0.39 is 0 Å². The minimum atomic E-state index is -0.158. The van der Waals surface area contributed by atoms with Crippen LogP contribution in [0, 0.1) is 13.8 Å². The number of nitrogens with zero attached hydrogens (tertiary/aromatic N) is 2. The Morgan fingerprint density at radius 2 is 2.28 bits per heavy atom. The normalized spacial score (nSPS) is 20.9. The van der Waals surface area contributed by atoms with Gasteiger partial charge in [0.25, 0.3) is 0 Å². The Morgan fingerprint density at radius 1 is 1.50 bits per heavy atom. The van der Waals surface area contributed by atoms with Crippen molar-refractivity contribution in [2.75, 3.05) is 13.7 Å². The fourth-order valence-electron chi connectivity index (χ4n) is 2.36. The van der Waals surface area contributed by atoms with Crippen LogP contribution in [0.25, 0.3) is 0 Å². The third-order valence-corrected chi connectivity index (χ3v) is 3.50. The molecular weight excluding hydrogens is 232 g/mol. The number of aromatic nitrogens is 1. The molecule has 0 saturated carbocycles. The van der Waals surface area contributed by atoms with E-state index in [1.807, 2.05) is 13.8 Å². The molecule has 0 aromatic carbocycles. The van der Waals surface area contributed by atoms with Crippen LogP contribution < -0.4 is 0 Å². The van der Waals surface area contributed by atoms with E-state index in [9.17, 15) is 4.79 Å². The van der Waals surface area contributed by atoms with Crippen LogP contribution in [0.15, 0.2) is 4.42 Å². The first-order chi connectivity index (χ1) is 8.61. The molecule has 0 N–H and O–H groups in total. The summed E-state index contributed by atoms with van der Waals surface area (Å²) in [7, 11) is 1.44. The number of aryl methyl sites for hydroxylation is 2. The average Bonchev–Trinajstić information content (AvgIpc) is 2.68. The largest absolute Gasteiger partial charge is 0.468 e. The highest BCUT2D eigenvalue weighted by Gasteiger charge is 2.30. The van der Waals surface area contributed by atoms with Gasteiger partial charge in [0.2, 0.25) is 5.89 Å². The highest BCUT2D eigenvalue weighted by molar-refractivity contribution is 5.75. The van der Waals surface area contributed by atoms with Crippen LogP contribution in [0.1, 0.15) is 36.6 Å². The van der Waals surface area contributed by atoms with Crippen molar-refractivity contribution < 1.29 is 13.9 Å². The minimum Gasteiger partial charge on any atom is -0.468 e. The van der Waals surface area contributed by atoms with Crippen molar-refractivity contribution in [1.82, 2.24) is 9.88 Å². The van der Waals surface area contributed by atoms with Gasteiger partial charge < -0.3 is 9.15 Å². The van der Waals surface area contributed by atoms with E-state index >= 15 is 0 Å². The second-order valence-electron chi connectivity index (χ2n) is 4.75. The van der Waals surface area contributed by atoms with Crippen LogP contribution in [-0.2, 0) is 16.1 Å². The van der Waals surface area contributed by atoms with Crippen molar-refractivity contribution in [2.24, 2.45) is 0 Å². The Hall–Kier alpha value is -1.36. The van der Waals surface area contributed by atoms with Crippen molar-refractivity contribution in [1.29, 1.82) is 0 Å². The number of likely N-dealkylation sites (tertiary alicyclic amines) is 1. The molecule has 2 heterocycles. The SMILES string of the molecule is COC(=O)C1CCCCN1Cc1nc(C)c(C)o1. The Morgan fingerprint density at radius 3 is 2.89 bits per heavy atom. The summed E-state index contributed by atoms with van der Waals surface area (Å²) in [5.74, 6) is 1.37. The van der Waals surface area contributed by atoms with Gasteiger partial charge in [0.05, 0.1) is 19.3 Å². The fourth-order valence-corrected chi connectivity index (χ4v) is 2.36. The molecule has 1 aliphatic heterocycles. The molecule has 0 bridgehead atoms. The van der Waals surface area contributed by atoms with Crippen LogP contribution in [-0.4, -0.2) is 35.5 Å². The Bertz CT molecular complexity index is 408. The topological polar surface area (TPSA) is 55.6 Å². The quantitative estimate of drug-likeness (QED) is 0.768. The predicted molar refractivity (Wildman–Crippen MR) is 66.0 cm³/mol. The lowest BCUT2D eigenvalue weighted by atomic mass is 10.0. The second kappa shape index (κ2) is 5.52. The molecule has 18 heavy (non-hydrogen) atoms. The van der Waals surface area contributed by atoms with Crippen molar-refractivity contribution in [3.05, 3.63) is 17.3 Å². The Balaban J connectivity index is 2.07. The molecular formula is C13H20N2O3. The lowest BCUT2D eigenvalue weighted by molar-refractivity contribution is -0.148. The number of carbonyl (C=O) groups is 1. The second-order valence-corrected chi connectivity index (χ2v) is 4.75. The maximum absolute atomic E-state index is 11.7. The van der Waals surface area contributed by atoms with E-state index in [0.717, 1.165) is 37.3 Å². The molecule has 1 fully saturated rings. The van der Waals surface area contributed by atoms with E-state index in [4.69, 9.17) is 9.15 Å². The standard InChI is InChI=1S/C13H20N2O3/c1-9-10(2)18-12(14-9)8-15-7-5-4-6-11(15)13(16)17-3/h11H,4-8H2,1-3H3. The lowest BCUT2D eigenvalue weighted by Crippen LogP contribution is -2.44. The van der Waals surface area contributed by atoms with Gasteiger partial charge in [-0.05, 0) is 33.2 Å². The number of esters is 1. The zero-order chi connectivity index (χ0) is 13.1. The monoisotopic (exact) mass is 252 g/mol. The van der Waals surface area contributed by atoms with Gasteiger partial charge >= 0.3 is 5.97 Å². The maximum Gasteiger partial charge on any atom is 0.323 e. The van der Waals surface area contributed by atoms with Crippen molar-refractivity contribution in [2.45, 2.75) is 45.7 Å². The molecule has 2 rings (SSSR count). The van der Waals surface area contributed by atoms with E-state index in [1.54, 1.807) is 0 Å². The van der Waals surface area contributed by atoms with Gasteiger partial charge in [0.15, 0.2) is 0 Å². The van der Waals surface area contributed by atoms with Gasteiger partial charge in [-0.3, -0.25) is 9.69 Å². The summed E-state index contributed by atoms with van der Waals surface area (Å²) in [5, 5.41) is 0. The maximum atomic E-state index is 11.7. The molecule has 1 aliphatic rings. The summed E-state index contributed by atoms with van der Waals surface area (Å²) in [4.78, 5) is 18.2. The average molecular weight is 252 g/mol. The van der Waals surface area contributed by atoms with Gasteiger partial charge in [0.1, 0.15) is 11.8 Å². The van der Waals surface area contributed by atoms with Crippen LogP contribution in [0.2, 0.25) is 0 Å².